The van der Waals surface area contributed by atoms with Crippen LogP contribution in [0.4, 0.5) is 17.1 Å². The van der Waals surface area contributed by atoms with Gasteiger partial charge in [-0.25, -0.2) is 18.5 Å². The van der Waals surface area contributed by atoms with Gasteiger partial charge in [0.05, 0.1) is 24.3 Å². The van der Waals surface area contributed by atoms with Crippen LogP contribution in [0.15, 0.2) is 148 Å². The number of fused-ring (bicyclic) bond motifs is 2. The first kappa shape index (κ1) is 58.7. The van der Waals surface area contributed by atoms with Crippen molar-refractivity contribution in [1.29, 1.82) is 0 Å². The molecule has 2 saturated heterocycles. The number of H-pyrrole nitrogens is 1. The third kappa shape index (κ3) is 14.7. The number of rotatable bonds is 20. The van der Waals surface area contributed by atoms with E-state index in [0.717, 1.165) is 84.3 Å². The van der Waals surface area contributed by atoms with E-state index in [9.17, 15) is 47.8 Å². The molecule has 1 aliphatic carbocycles. The highest BCUT2D eigenvalue weighted by Gasteiger charge is 2.43. The molecule has 0 radical (unpaired) electrons. The third-order valence-electron chi connectivity index (χ3n) is 13.9. The number of anilines is 2. The normalized spacial score (nSPS) is 19.1. The standard InChI is InChI=1S/C54H58N7O17P3/c1-58(38-12-5-3-6-13-38)40-18-20-43-46(29-40)75-47-30-41(59(2)39-14-7-4-8-15-39)19-21-44(47)51(43)42-16-10-9-11-36(42)32-60-27-23-35(24-28-60)52(64)56-26-25-55-49(63)22-17-37-33-61(54(66)57-53(37)65)50-31-45(62)48(76-50)34-74-80(70,71)78-81(72,73)77-79(67,68)69/h3-22,29-30,33,35,45,48,50,62H,23-28,31-32,34H2,1-2H3,(H6-,55,56,57,63,64,65,66,67,68,69,70,71,72,73)/p+1/b22-17+/t45?,48-,50-/m1/s1. The van der Waals surface area contributed by atoms with Crippen molar-refractivity contribution in [3.63, 3.8) is 0 Å². The van der Waals surface area contributed by atoms with Crippen LogP contribution in [0.3, 0.4) is 0 Å². The number of aliphatic hydroxyl groups is 1. The van der Waals surface area contributed by atoms with E-state index in [2.05, 4.69) is 122 Å². The Morgan fingerprint density at radius 1 is 0.827 bits per heavy atom. The van der Waals surface area contributed by atoms with E-state index in [1.54, 1.807) is 0 Å². The number of amides is 2. The summed E-state index contributed by atoms with van der Waals surface area (Å²) in [5, 5.41) is 18.0. The fourth-order valence-corrected chi connectivity index (χ4v) is 12.8. The van der Waals surface area contributed by atoms with E-state index < -0.39 is 65.7 Å². The molecule has 81 heavy (non-hydrogen) atoms. The maximum atomic E-state index is 13.4. The van der Waals surface area contributed by atoms with E-state index in [4.69, 9.17) is 18.9 Å². The zero-order chi connectivity index (χ0) is 57.6. The summed E-state index contributed by atoms with van der Waals surface area (Å²) in [6.07, 6.45) is -0.103. The van der Waals surface area contributed by atoms with Crippen molar-refractivity contribution >= 4 is 69.4 Å². The number of hydrogen-bond donors (Lipinski definition) is 8. The fourth-order valence-electron chi connectivity index (χ4n) is 9.75. The van der Waals surface area contributed by atoms with Crippen LogP contribution in [0.25, 0.3) is 39.5 Å². The smallest absolute Gasteiger partial charge is 0.456 e. The van der Waals surface area contributed by atoms with Crippen molar-refractivity contribution in [2.24, 2.45) is 5.92 Å². The Kier molecular flexibility index (Phi) is 18.1. The van der Waals surface area contributed by atoms with Crippen molar-refractivity contribution in [3.8, 4) is 22.5 Å². The molecule has 4 aromatic carbocycles. The molecule has 0 bridgehead atoms. The molecule has 9 rings (SSSR count). The number of benzene rings is 5. The van der Waals surface area contributed by atoms with Gasteiger partial charge in [-0.1, -0.05) is 60.7 Å². The minimum atomic E-state index is -5.80. The number of phosphoric acid groups is 3. The number of carbonyl (C=O) groups excluding carboxylic acids is 2. The Labute approximate surface area is 463 Å². The second-order valence-electron chi connectivity index (χ2n) is 19.3. The number of piperidine rings is 1. The highest BCUT2D eigenvalue weighted by molar-refractivity contribution is 7.66. The molecule has 0 spiro atoms. The number of aromatic nitrogens is 2. The molecular weight excluding hydrogens is 1110 g/mol. The summed E-state index contributed by atoms with van der Waals surface area (Å²) in [6.45, 7) is 1.21. The molecule has 3 unspecified atom stereocenters. The van der Waals surface area contributed by atoms with Gasteiger partial charge in [-0.2, -0.15) is 13.2 Å². The van der Waals surface area contributed by atoms with Gasteiger partial charge in [-0.15, -0.1) is 0 Å². The molecule has 27 heteroatoms. The third-order valence-corrected chi connectivity index (χ3v) is 17.7. The summed E-state index contributed by atoms with van der Waals surface area (Å²) in [5.41, 5.74) is 6.05. The minimum absolute atomic E-state index is 0.0578. The summed E-state index contributed by atoms with van der Waals surface area (Å²) in [5.74, 6) is -0.256. The summed E-state index contributed by atoms with van der Waals surface area (Å²) in [7, 11) is -12.9. The molecule has 426 valence electrons. The van der Waals surface area contributed by atoms with Crippen molar-refractivity contribution in [3.05, 3.63) is 171 Å². The van der Waals surface area contributed by atoms with Crippen molar-refractivity contribution in [2.75, 3.05) is 51.8 Å². The minimum Gasteiger partial charge on any atom is -0.456 e. The van der Waals surface area contributed by atoms with Gasteiger partial charge < -0.3 is 49.4 Å². The maximum Gasteiger partial charge on any atom is 0.490 e. The lowest BCUT2D eigenvalue weighted by molar-refractivity contribution is -0.126. The van der Waals surface area contributed by atoms with Crippen LogP contribution in [-0.2, 0) is 47.7 Å². The number of phosphoric ester groups is 1. The van der Waals surface area contributed by atoms with E-state index in [-0.39, 0.29) is 36.9 Å². The highest BCUT2D eigenvalue weighted by Crippen LogP contribution is 2.66. The van der Waals surface area contributed by atoms with E-state index >= 15 is 0 Å². The quantitative estimate of drug-likeness (QED) is 0.0149. The lowest BCUT2D eigenvalue weighted by Gasteiger charge is -2.32. The van der Waals surface area contributed by atoms with Gasteiger partial charge in [0.2, 0.25) is 22.9 Å². The SMILES string of the molecule is CN(c1ccccc1)c1ccc2c(-c3ccccc3CN3CCC(C(=O)NCCNC(=O)/C=C/c4cn([C@H]5CC(O)[C@@H](COP(=O)(O)OP(=O)(O)OP(=O)(O)O)O5)c(=O)[nH]c4=O)CC3)c3ccc(=[N+](C)c4ccccc4)cc-3oc2c1. The molecule has 4 aliphatic rings. The van der Waals surface area contributed by atoms with Crippen LogP contribution in [-0.4, -0.2) is 110 Å². The van der Waals surface area contributed by atoms with Crippen molar-refractivity contribution in [2.45, 2.75) is 44.2 Å². The van der Waals surface area contributed by atoms with E-state index in [0.29, 0.717) is 32.5 Å². The molecule has 3 aliphatic heterocycles. The van der Waals surface area contributed by atoms with Gasteiger partial charge in [0.25, 0.3) is 5.56 Å². The molecule has 24 nitrogen and oxygen atoms in total. The second-order valence-corrected chi connectivity index (χ2v) is 23.7. The first-order valence-electron chi connectivity index (χ1n) is 25.5. The van der Waals surface area contributed by atoms with Gasteiger partial charge in [-0.05, 0) is 73.5 Å². The Morgan fingerprint density at radius 3 is 2.25 bits per heavy atom. The number of hydrogen-bond acceptors (Lipinski definition) is 15. The largest absolute Gasteiger partial charge is 0.490 e. The summed E-state index contributed by atoms with van der Waals surface area (Å²) >= 11 is 0. The Bertz CT molecular complexity index is 3790. The number of carbonyl (C=O) groups is 2. The Morgan fingerprint density at radius 2 is 1.52 bits per heavy atom. The highest BCUT2D eigenvalue weighted by atomic mass is 31.3. The molecule has 2 fully saturated rings. The predicted molar refractivity (Wildman–Crippen MR) is 299 cm³/mol. The molecule has 5 atom stereocenters. The number of ether oxygens (including phenoxy) is 1. The van der Waals surface area contributed by atoms with Crippen molar-refractivity contribution in [1.82, 2.24) is 29.7 Å². The molecule has 5 aromatic rings. The average molecular weight is 1170 g/mol. The molecule has 8 N–H and O–H groups in total. The molecule has 1 aromatic heterocycles. The van der Waals surface area contributed by atoms with Gasteiger partial charge in [0.15, 0.2) is 0 Å². The van der Waals surface area contributed by atoms with Crippen LogP contribution in [0, 0.1) is 5.92 Å². The fraction of sp³-hybridized carbons (Fsp3) is 0.278. The topological polar surface area (TPSA) is 325 Å². The average Bonchev–Trinajstić information content (AvgIpc) is 3.97. The van der Waals surface area contributed by atoms with Crippen molar-refractivity contribution < 1.29 is 70.3 Å². The van der Waals surface area contributed by atoms with Gasteiger partial charge >= 0.3 is 29.2 Å². The number of aliphatic hydroxyl groups excluding tert-OH is 1. The summed E-state index contributed by atoms with van der Waals surface area (Å²) < 4.78 is 61.9. The molecule has 4 heterocycles. The monoisotopic (exact) mass is 1170 g/mol. The Balaban J connectivity index is 0.795. The zero-order valence-corrected chi connectivity index (χ0v) is 46.4. The molecule has 0 saturated carbocycles. The maximum absolute atomic E-state index is 13.4. The van der Waals surface area contributed by atoms with Gasteiger partial charge in [0, 0.05) is 103 Å². The molecular formula is C54H59N7O17P3+. The number of aromatic amines is 1. The summed E-state index contributed by atoms with van der Waals surface area (Å²) in [4.78, 5) is 94.6. The number of nitrogens with zero attached hydrogens (tertiary/aromatic N) is 4. The number of para-hydroxylation sites is 2. The van der Waals surface area contributed by atoms with Crippen LogP contribution in [0.5, 0.6) is 0 Å². The van der Waals surface area contributed by atoms with Crippen LogP contribution < -0.4 is 36.7 Å². The van der Waals surface area contributed by atoms with E-state index in [1.165, 1.54) is 0 Å². The Hall–Kier alpha value is -6.98. The predicted octanol–water partition coefficient (Wildman–Crippen LogP) is 5.71. The first-order valence-corrected chi connectivity index (χ1v) is 30.1. The van der Waals surface area contributed by atoms with Gasteiger partial charge in [-0.3, -0.25) is 33.4 Å². The number of nitrogens with one attached hydrogen (secondary N) is 3. The number of likely N-dealkylation sites (tertiary alicyclic amines) is 1. The second kappa shape index (κ2) is 25.0. The van der Waals surface area contributed by atoms with Crippen LogP contribution in [0.1, 0.15) is 36.6 Å². The van der Waals surface area contributed by atoms with Gasteiger partial charge in [0.1, 0.15) is 30.7 Å². The molecule has 2 amide bonds. The lowest BCUT2D eigenvalue weighted by Crippen LogP contribution is -2.42. The summed E-state index contributed by atoms with van der Waals surface area (Å²) in [6, 6.07) is 41.4. The zero-order valence-electron chi connectivity index (χ0n) is 43.7. The van der Waals surface area contributed by atoms with E-state index in [1.807, 2.05) is 56.6 Å². The first-order chi connectivity index (χ1) is 38.6. The van der Waals surface area contributed by atoms with Crippen LogP contribution >= 0.6 is 23.5 Å². The lowest BCUT2D eigenvalue weighted by atomic mass is 9.90. The van der Waals surface area contributed by atoms with Crippen LogP contribution in [0.2, 0.25) is 0 Å².